The Morgan fingerprint density at radius 1 is 0.821 bits per heavy atom. The summed E-state index contributed by atoms with van der Waals surface area (Å²) in [5, 5.41) is 0. The molecule has 0 N–H and O–H groups in total. The van der Waals surface area contributed by atoms with Crippen molar-refractivity contribution in [2.24, 2.45) is 16.8 Å². The van der Waals surface area contributed by atoms with E-state index in [-0.39, 0.29) is 17.7 Å². The monoisotopic (exact) mass is 512 g/mol. The number of hydrogen-bond donors (Lipinski definition) is 0. The lowest BCUT2D eigenvalue weighted by Gasteiger charge is -2.52. The molecule has 3 aliphatic carbocycles. The highest BCUT2D eigenvalue weighted by atomic mass is 16.5. The van der Waals surface area contributed by atoms with Gasteiger partial charge in [-0.1, -0.05) is 66.2 Å². The number of nitrogens with zero attached hydrogens (tertiary/aromatic N) is 2. The number of rotatable bonds is 4. The lowest BCUT2D eigenvalue weighted by atomic mass is 9.47. The van der Waals surface area contributed by atoms with Crippen molar-refractivity contribution in [1.29, 1.82) is 0 Å². The van der Waals surface area contributed by atoms with Crippen LogP contribution in [0.2, 0.25) is 0 Å². The van der Waals surface area contributed by atoms with E-state index in [2.05, 4.69) is 50.2 Å². The first-order valence-electron chi connectivity index (χ1n) is 13.3. The number of hydrogen-bond acceptors (Lipinski definition) is 4. The van der Waals surface area contributed by atoms with Crippen molar-refractivity contribution in [3.05, 3.63) is 124 Å². The summed E-state index contributed by atoms with van der Waals surface area (Å²) in [7, 11) is 1.60. The summed E-state index contributed by atoms with van der Waals surface area (Å²) < 4.78 is 5.31. The van der Waals surface area contributed by atoms with E-state index in [1.165, 1.54) is 10.5 Å². The molecule has 8 rings (SSSR count). The second kappa shape index (κ2) is 8.50. The van der Waals surface area contributed by atoms with E-state index in [4.69, 9.17) is 9.73 Å². The molecule has 5 nitrogen and oxygen atoms in total. The van der Waals surface area contributed by atoms with Crippen LogP contribution in [0.25, 0.3) is 0 Å². The van der Waals surface area contributed by atoms with Crippen LogP contribution in [0, 0.1) is 25.7 Å². The molecule has 2 atom stereocenters. The van der Waals surface area contributed by atoms with Crippen LogP contribution >= 0.6 is 0 Å². The summed E-state index contributed by atoms with van der Waals surface area (Å²) in [5.74, 6) is -0.984. The molecule has 2 amide bonds. The molecular formula is C34H28N2O3. The Bertz CT molecular complexity index is 1640. The fourth-order valence-corrected chi connectivity index (χ4v) is 7.16. The Balaban J connectivity index is 1.48. The Kier molecular flexibility index (Phi) is 5.14. The largest absolute Gasteiger partial charge is 0.497 e. The maximum Gasteiger partial charge on any atom is 0.239 e. The maximum atomic E-state index is 14.5. The minimum atomic E-state index is -0.877. The third-order valence-electron chi connectivity index (χ3n) is 8.77. The van der Waals surface area contributed by atoms with Crippen LogP contribution in [0.4, 0.5) is 11.4 Å². The van der Waals surface area contributed by atoms with E-state index in [0.717, 1.165) is 33.5 Å². The summed E-state index contributed by atoms with van der Waals surface area (Å²) in [4.78, 5) is 35.1. The Labute approximate surface area is 227 Å². The van der Waals surface area contributed by atoms with Crippen molar-refractivity contribution in [1.82, 2.24) is 0 Å². The summed E-state index contributed by atoms with van der Waals surface area (Å²) >= 11 is 0. The average Bonchev–Trinajstić information content (AvgIpc) is 3.23. The van der Waals surface area contributed by atoms with Crippen molar-refractivity contribution >= 4 is 29.4 Å². The SMILES string of the molecule is COc1ccc(N2C(=O)[C@H]3C4c5ccccc5C(C=Nc5ccc(C)cc5C)(c5ccccc54)[C@H]3C2=O)cc1. The predicted octanol–water partition coefficient (Wildman–Crippen LogP) is 6.27. The average molecular weight is 513 g/mol. The van der Waals surface area contributed by atoms with Crippen molar-refractivity contribution in [2.45, 2.75) is 25.2 Å². The highest BCUT2D eigenvalue weighted by Gasteiger charge is 2.67. The first-order chi connectivity index (χ1) is 19.0. The Morgan fingerprint density at radius 2 is 1.46 bits per heavy atom. The van der Waals surface area contributed by atoms with Crippen LogP contribution in [0.1, 0.15) is 39.3 Å². The van der Waals surface area contributed by atoms with E-state index in [0.29, 0.717) is 11.4 Å². The van der Waals surface area contributed by atoms with Gasteiger partial charge < -0.3 is 4.74 Å². The zero-order valence-corrected chi connectivity index (χ0v) is 22.1. The number of ether oxygens (including phenoxy) is 1. The first kappa shape index (κ1) is 23.6. The summed E-state index contributed by atoms with van der Waals surface area (Å²) in [6.07, 6.45) is 1.96. The Hall–Kier alpha value is -4.51. The lowest BCUT2D eigenvalue weighted by Crippen LogP contribution is -2.54. The molecule has 1 heterocycles. The molecule has 1 fully saturated rings. The van der Waals surface area contributed by atoms with Gasteiger partial charge in [-0.2, -0.15) is 0 Å². The molecule has 2 bridgehead atoms. The van der Waals surface area contributed by atoms with Crippen molar-refractivity contribution < 1.29 is 14.3 Å². The minimum Gasteiger partial charge on any atom is -0.497 e. The molecule has 0 unspecified atom stereocenters. The molecule has 0 aromatic heterocycles. The zero-order valence-electron chi connectivity index (χ0n) is 22.1. The molecule has 1 saturated heterocycles. The van der Waals surface area contributed by atoms with Crippen LogP contribution in [0.5, 0.6) is 5.75 Å². The van der Waals surface area contributed by atoms with Crippen LogP contribution in [0.15, 0.2) is 96.0 Å². The number of benzene rings is 4. The van der Waals surface area contributed by atoms with E-state index in [1.807, 2.05) is 36.5 Å². The molecule has 5 heteroatoms. The van der Waals surface area contributed by atoms with Gasteiger partial charge in [0.2, 0.25) is 11.8 Å². The van der Waals surface area contributed by atoms with Crippen LogP contribution < -0.4 is 9.64 Å². The van der Waals surface area contributed by atoms with Crippen LogP contribution in [-0.4, -0.2) is 25.1 Å². The van der Waals surface area contributed by atoms with Gasteiger partial charge in [0.15, 0.2) is 0 Å². The third kappa shape index (κ3) is 3.16. The lowest BCUT2D eigenvalue weighted by molar-refractivity contribution is -0.122. The number of aryl methyl sites for hydroxylation is 2. The fraction of sp³-hybridized carbons (Fsp3) is 0.206. The molecule has 0 radical (unpaired) electrons. The quantitative estimate of drug-likeness (QED) is 0.239. The molecule has 0 spiro atoms. The van der Waals surface area contributed by atoms with Crippen molar-refractivity contribution in [3.8, 4) is 5.75 Å². The second-order valence-electron chi connectivity index (χ2n) is 10.8. The predicted molar refractivity (Wildman–Crippen MR) is 152 cm³/mol. The molecule has 192 valence electrons. The minimum absolute atomic E-state index is 0.159. The highest BCUT2D eigenvalue weighted by molar-refractivity contribution is 6.25. The summed E-state index contributed by atoms with van der Waals surface area (Å²) in [5.41, 5.74) is 7.10. The summed E-state index contributed by atoms with van der Waals surface area (Å²) in [6.45, 7) is 4.12. The molecule has 4 aliphatic rings. The van der Waals surface area contributed by atoms with Crippen LogP contribution in [0.3, 0.4) is 0 Å². The topological polar surface area (TPSA) is 59.0 Å². The number of amides is 2. The molecule has 4 aromatic rings. The third-order valence-corrected chi connectivity index (χ3v) is 8.77. The van der Waals surface area contributed by atoms with E-state index in [1.54, 1.807) is 31.4 Å². The van der Waals surface area contributed by atoms with Gasteiger partial charge in [0.1, 0.15) is 5.75 Å². The fourth-order valence-electron chi connectivity index (χ4n) is 7.16. The van der Waals surface area contributed by atoms with Crippen molar-refractivity contribution in [3.63, 3.8) is 0 Å². The number of carbonyl (C=O) groups excluding carboxylic acids is 2. The van der Waals surface area contributed by atoms with Gasteiger partial charge >= 0.3 is 0 Å². The smallest absolute Gasteiger partial charge is 0.239 e. The van der Waals surface area contributed by atoms with Gasteiger partial charge in [-0.15, -0.1) is 0 Å². The van der Waals surface area contributed by atoms with Gasteiger partial charge in [-0.25, -0.2) is 4.90 Å². The van der Waals surface area contributed by atoms with Gasteiger partial charge in [0.05, 0.1) is 35.7 Å². The molecule has 0 saturated carbocycles. The maximum absolute atomic E-state index is 14.5. The number of carbonyl (C=O) groups is 2. The van der Waals surface area contributed by atoms with Crippen molar-refractivity contribution in [2.75, 3.05) is 12.0 Å². The van der Waals surface area contributed by atoms with Gasteiger partial charge in [0.25, 0.3) is 0 Å². The van der Waals surface area contributed by atoms with Gasteiger partial charge in [0, 0.05) is 12.1 Å². The number of aliphatic imine (C=N–C) groups is 1. The number of methoxy groups -OCH3 is 1. The highest BCUT2D eigenvalue weighted by Crippen LogP contribution is 2.63. The van der Waals surface area contributed by atoms with E-state index in [9.17, 15) is 9.59 Å². The normalized spacial score (nSPS) is 24.6. The molecular weight excluding hydrogens is 484 g/mol. The second-order valence-corrected chi connectivity index (χ2v) is 10.8. The van der Waals surface area contributed by atoms with Gasteiger partial charge in [-0.05, 0) is 72.0 Å². The molecule has 1 aliphatic heterocycles. The van der Waals surface area contributed by atoms with Gasteiger partial charge in [-0.3, -0.25) is 14.6 Å². The zero-order chi connectivity index (χ0) is 26.9. The van der Waals surface area contributed by atoms with E-state index < -0.39 is 17.3 Å². The number of imide groups is 1. The van der Waals surface area contributed by atoms with Crippen LogP contribution in [-0.2, 0) is 15.0 Å². The van der Waals surface area contributed by atoms with E-state index >= 15 is 0 Å². The standard InChI is InChI=1S/C34H28N2O3/c1-20-12-17-28(21(2)18-20)35-19-34-26-10-6-4-8-24(26)29(25-9-5-7-11-27(25)34)30-31(34)33(38)36(32(30)37)22-13-15-23(39-3)16-14-22/h4-19,29-31H,1-3H3/t29?,30-,31+,34?/m0/s1. The first-order valence-corrected chi connectivity index (χ1v) is 13.3. The number of anilines is 1. The molecule has 4 aromatic carbocycles. The Morgan fingerprint density at radius 3 is 2.08 bits per heavy atom. The molecule has 39 heavy (non-hydrogen) atoms. The summed E-state index contributed by atoms with van der Waals surface area (Å²) in [6, 6.07) is 29.8.